The zero-order chi connectivity index (χ0) is 12.1. The van der Waals surface area contributed by atoms with Gasteiger partial charge in [0.2, 0.25) is 0 Å². The van der Waals surface area contributed by atoms with Crippen LogP contribution in [0.3, 0.4) is 0 Å². The smallest absolute Gasteiger partial charge is 0.249 e. The van der Waals surface area contributed by atoms with Crippen LogP contribution >= 0.6 is 0 Å². The second-order valence-corrected chi connectivity index (χ2v) is 4.45. The van der Waals surface area contributed by atoms with Gasteiger partial charge < -0.3 is 0 Å². The molecule has 17 heavy (non-hydrogen) atoms. The minimum Gasteiger partial charge on any atom is -0.249 e. The number of hydrogen-bond acceptors (Lipinski definition) is 2. The van der Waals surface area contributed by atoms with E-state index in [4.69, 9.17) is 0 Å². The minimum absolute atomic E-state index is 0.0736. The molecule has 1 aromatic carbocycles. The quantitative estimate of drug-likeness (QED) is 0.870. The van der Waals surface area contributed by atoms with Crippen LogP contribution in [-0.2, 0) is 5.92 Å². The van der Waals surface area contributed by atoms with Gasteiger partial charge in [-0.2, -0.15) is 8.78 Å². The number of benzene rings is 1. The Kier molecular flexibility index (Phi) is 4.07. The van der Waals surface area contributed by atoms with Crippen LogP contribution < -0.4 is 5.43 Å². The second kappa shape index (κ2) is 5.56. The number of piperidine rings is 1. The Morgan fingerprint density at radius 2 is 1.71 bits per heavy atom. The van der Waals surface area contributed by atoms with Crippen molar-refractivity contribution in [2.24, 2.45) is 0 Å². The molecule has 2 rings (SSSR count). The maximum Gasteiger partial charge on any atom is 0.286 e. The highest BCUT2D eigenvalue weighted by molar-refractivity contribution is 5.20. The first-order chi connectivity index (χ1) is 8.18. The van der Waals surface area contributed by atoms with Crippen molar-refractivity contribution in [3.8, 4) is 0 Å². The fourth-order valence-electron chi connectivity index (χ4n) is 2.05. The van der Waals surface area contributed by atoms with Gasteiger partial charge >= 0.3 is 0 Å². The van der Waals surface area contributed by atoms with E-state index in [9.17, 15) is 8.78 Å². The summed E-state index contributed by atoms with van der Waals surface area (Å²) in [6.45, 7) is 1.41. The van der Waals surface area contributed by atoms with E-state index in [1.54, 1.807) is 18.2 Å². The third-order valence-corrected chi connectivity index (χ3v) is 3.08. The van der Waals surface area contributed by atoms with Crippen LogP contribution in [0.15, 0.2) is 30.3 Å². The molecular weight excluding hydrogens is 222 g/mol. The van der Waals surface area contributed by atoms with Crippen LogP contribution in [-0.4, -0.2) is 24.6 Å². The van der Waals surface area contributed by atoms with Gasteiger partial charge in [0, 0.05) is 18.7 Å². The van der Waals surface area contributed by atoms with Crippen molar-refractivity contribution in [1.29, 1.82) is 0 Å². The number of hydrogen-bond donors (Lipinski definition) is 1. The van der Waals surface area contributed by atoms with E-state index in [0.29, 0.717) is 0 Å². The summed E-state index contributed by atoms with van der Waals surface area (Å²) in [6, 6.07) is 7.97. The summed E-state index contributed by atoms with van der Waals surface area (Å²) in [7, 11) is 0. The fraction of sp³-hybridized carbons (Fsp3) is 0.538. The largest absolute Gasteiger partial charge is 0.286 e. The highest BCUT2D eigenvalue weighted by atomic mass is 19.3. The van der Waals surface area contributed by atoms with Crippen molar-refractivity contribution < 1.29 is 8.78 Å². The van der Waals surface area contributed by atoms with E-state index in [0.717, 1.165) is 25.9 Å². The molecule has 0 radical (unpaired) electrons. The molecule has 1 aliphatic heterocycles. The van der Waals surface area contributed by atoms with E-state index < -0.39 is 5.92 Å². The number of hydrazine groups is 1. The van der Waals surface area contributed by atoms with Crippen LogP contribution in [0.1, 0.15) is 24.8 Å². The van der Waals surface area contributed by atoms with Gasteiger partial charge in [-0.05, 0) is 12.8 Å². The molecule has 0 bridgehead atoms. The molecule has 0 unspecified atom stereocenters. The maximum atomic E-state index is 13.8. The summed E-state index contributed by atoms with van der Waals surface area (Å²) in [5.74, 6) is -2.81. The maximum absolute atomic E-state index is 13.8. The summed E-state index contributed by atoms with van der Waals surface area (Å²) >= 11 is 0. The van der Waals surface area contributed by atoms with Gasteiger partial charge in [-0.15, -0.1) is 0 Å². The molecule has 0 atom stereocenters. The SMILES string of the molecule is FC(F)(CNN1CCCCC1)c1ccccc1. The molecule has 0 aromatic heterocycles. The first-order valence-electron chi connectivity index (χ1n) is 6.10. The molecule has 0 spiro atoms. The van der Waals surface area contributed by atoms with E-state index in [2.05, 4.69) is 5.43 Å². The number of rotatable bonds is 4. The van der Waals surface area contributed by atoms with Gasteiger partial charge in [0.15, 0.2) is 0 Å². The van der Waals surface area contributed by atoms with Gasteiger partial charge in [0.25, 0.3) is 5.92 Å². The summed E-state index contributed by atoms with van der Waals surface area (Å²) in [4.78, 5) is 0. The fourth-order valence-corrected chi connectivity index (χ4v) is 2.05. The normalized spacial score (nSPS) is 18.2. The summed E-state index contributed by atoms with van der Waals surface area (Å²) in [5, 5.41) is 1.90. The summed E-state index contributed by atoms with van der Waals surface area (Å²) in [6.07, 6.45) is 3.38. The van der Waals surface area contributed by atoms with Crippen molar-refractivity contribution in [2.75, 3.05) is 19.6 Å². The predicted molar refractivity (Wildman–Crippen MR) is 63.8 cm³/mol. The molecule has 0 aliphatic carbocycles. The Bertz CT molecular complexity index is 335. The molecule has 94 valence electrons. The average molecular weight is 240 g/mol. The molecule has 1 aliphatic rings. The van der Waals surface area contributed by atoms with E-state index in [1.807, 2.05) is 5.01 Å². The molecule has 0 saturated carbocycles. The van der Waals surface area contributed by atoms with Crippen LogP contribution in [0.2, 0.25) is 0 Å². The summed E-state index contributed by atoms with van der Waals surface area (Å²) in [5.41, 5.74) is 2.92. The number of nitrogens with one attached hydrogen (secondary N) is 1. The molecule has 2 nitrogen and oxygen atoms in total. The van der Waals surface area contributed by atoms with Crippen LogP contribution in [0, 0.1) is 0 Å². The molecule has 1 saturated heterocycles. The third kappa shape index (κ3) is 3.48. The third-order valence-electron chi connectivity index (χ3n) is 3.08. The van der Waals surface area contributed by atoms with Crippen molar-refractivity contribution in [3.63, 3.8) is 0 Å². The van der Waals surface area contributed by atoms with Gasteiger partial charge in [-0.25, -0.2) is 10.4 Å². The molecule has 1 heterocycles. The van der Waals surface area contributed by atoms with Crippen LogP contribution in [0.25, 0.3) is 0 Å². The molecule has 1 fully saturated rings. The summed E-state index contributed by atoms with van der Waals surface area (Å²) < 4.78 is 27.6. The lowest BCUT2D eigenvalue weighted by Gasteiger charge is -2.29. The molecule has 4 heteroatoms. The molecule has 0 amide bonds. The molecule has 1 aromatic rings. The Hall–Kier alpha value is -1.00. The lowest BCUT2D eigenvalue weighted by molar-refractivity contribution is -0.0263. The first kappa shape index (κ1) is 12.5. The van der Waals surface area contributed by atoms with Gasteiger partial charge in [0.1, 0.15) is 0 Å². The van der Waals surface area contributed by atoms with Gasteiger partial charge in [0.05, 0.1) is 6.54 Å². The van der Waals surface area contributed by atoms with Crippen molar-refractivity contribution >= 4 is 0 Å². The number of halogens is 2. The van der Waals surface area contributed by atoms with Gasteiger partial charge in [-0.3, -0.25) is 0 Å². The van der Waals surface area contributed by atoms with Crippen LogP contribution in [0.4, 0.5) is 8.78 Å². The Labute approximate surface area is 101 Å². The first-order valence-corrected chi connectivity index (χ1v) is 6.10. The molecule has 1 N–H and O–H groups in total. The zero-order valence-corrected chi connectivity index (χ0v) is 9.83. The molecular formula is C13H18F2N2. The van der Waals surface area contributed by atoms with Crippen molar-refractivity contribution in [3.05, 3.63) is 35.9 Å². The minimum atomic E-state index is -2.81. The topological polar surface area (TPSA) is 15.3 Å². The monoisotopic (exact) mass is 240 g/mol. The van der Waals surface area contributed by atoms with Crippen LogP contribution in [0.5, 0.6) is 0 Å². The van der Waals surface area contributed by atoms with E-state index >= 15 is 0 Å². The van der Waals surface area contributed by atoms with E-state index in [1.165, 1.54) is 18.6 Å². The predicted octanol–water partition coefficient (Wildman–Crippen LogP) is 2.77. The second-order valence-electron chi connectivity index (χ2n) is 4.45. The lowest BCUT2D eigenvalue weighted by atomic mass is 10.1. The zero-order valence-electron chi connectivity index (χ0n) is 9.83. The lowest BCUT2D eigenvalue weighted by Crippen LogP contribution is -2.46. The Morgan fingerprint density at radius 1 is 1.06 bits per heavy atom. The highest BCUT2D eigenvalue weighted by Gasteiger charge is 2.31. The van der Waals surface area contributed by atoms with Gasteiger partial charge in [-0.1, -0.05) is 36.8 Å². The number of alkyl halides is 2. The van der Waals surface area contributed by atoms with E-state index in [-0.39, 0.29) is 12.1 Å². The van der Waals surface area contributed by atoms with Crippen molar-refractivity contribution in [2.45, 2.75) is 25.2 Å². The Balaban J connectivity index is 1.88. The standard InChI is InChI=1S/C13H18F2N2/c14-13(15,12-7-3-1-4-8-12)11-16-17-9-5-2-6-10-17/h1,3-4,7-8,16H,2,5-6,9-11H2. The number of nitrogens with zero attached hydrogens (tertiary/aromatic N) is 1. The average Bonchev–Trinajstić information content (AvgIpc) is 2.39. The Morgan fingerprint density at radius 3 is 2.35 bits per heavy atom. The highest BCUT2D eigenvalue weighted by Crippen LogP contribution is 2.26. The van der Waals surface area contributed by atoms with Crippen molar-refractivity contribution in [1.82, 2.24) is 10.4 Å².